The lowest BCUT2D eigenvalue weighted by atomic mass is 9.33. The Balaban J connectivity index is 1.28. The molecule has 8 atom stereocenters. The van der Waals surface area contributed by atoms with Crippen molar-refractivity contribution in [1.29, 1.82) is 0 Å². The van der Waals surface area contributed by atoms with Crippen molar-refractivity contribution >= 4 is 23.6 Å². The summed E-state index contributed by atoms with van der Waals surface area (Å²) in [6.07, 6.45) is 9.15. The van der Waals surface area contributed by atoms with Crippen LogP contribution in [0.1, 0.15) is 139 Å². The molecule has 1 amide bonds. The largest absolute Gasteiger partial charge is 0.481 e. The number of aliphatic hydroxyl groups excluding tert-OH is 1. The van der Waals surface area contributed by atoms with E-state index in [9.17, 15) is 29.4 Å². The topological polar surface area (TPSA) is 121 Å². The molecule has 0 bridgehead atoms. The fraction of sp³-hybridized carbons (Fsp3) is 0.739. The highest BCUT2D eigenvalue weighted by Crippen LogP contribution is 2.77. The van der Waals surface area contributed by atoms with Crippen molar-refractivity contribution in [3.8, 4) is 0 Å². The van der Waals surface area contributed by atoms with Crippen LogP contribution in [0.2, 0.25) is 0 Å². The van der Waals surface area contributed by atoms with Crippen LogP contribution in [0.4, 0.5) is 0 Å². The van der Waals surface area contributed by atoms with E-state index in [0.717, 1.165) is 69.8 Å². The third kappa shape index (κ3) is 6.38. The highest BCUT2D eigenvalue weighted by molar-refractivity contribution is 5.93. The smallest absolute Gasteiger partial charge is 0.309 e. The van der Waals surface area contributed by atoms with Gasteiger partial charge >= 0.3 is 11.9 Å². The summed E-state index contributed by atoms with van der Waals surface area (Å²) >= 11 is 0. The molecule has 0 spiro atoms. The first-order valence-corrected chi connectivity index (χ1v) is 20.8. The Kier molecular flexibility index (Phi) is 10.7. The number of benzene rings is 1. The van der Waals surface area contributed by atoms with E-state index in [-0.39, 0.29) is 46.5 Å². The fourth-order valence-corrected chi connectivity index (χ4v) is 13.4. The normalized spacial score (nSPS) is 35.7. The predicted octanol–water partition coefficient (Wildman–Crippen LogP) is 8.79. The minimum atomic E-state index is -1.17. The summed E-state index contributed by atoms with van der Waals surface area (Å²) in [6.45, 7) is 19.6. The van der Waals surface area contributed by atoms with Gasteiger partial charge < -0.3 is 19.8 Å². The zero-order chi connectivity index (χ0) is 39.6. The molecule has 8 heteroatoms. The summed E-state index contributed by atoms with van der Waals surface area (Å²) in [6, 6.07) is 9.73. The zero-order valence-electron chi connectivity index (χ0n) is 34.6. The average molecular weight is 746 g/mol. The van der Waals surface area contributed by atoms with E-state index in [1.54, 1.807) is 18.7 Å². The van der Waals surface area contributed by atoms with Crippen molar-refractivity contribution in [2.75, 3.05) is 13.2 Å². The number of Topliss-reactive ketones (excluding diaryl/α,β-unsaturated/α-hetero) is 1. The van der Waals surface area contributed by atoms with Crippen LogP contribution in [0.25, 0.3) is 0 Å². The molecule has 2 N–H and O–H groups in total. The molecule has 0 unspecified atom stereocenters. The third-order valence-corrected chi connectivity index (χ3v) is 16.6. The number of hydrogen-bond acceptors (Lipinski definition) is 6. The summed E-state index contributed by atoms with van der Waals surface area (Å²) in [5.74, 6) is -0.196. The second-order valence-electron chi connectivity index (χ2n) is 20.3. The first-order chi connectivity index (χ1) is 25.2. The molecule has 298 valence electrons. The van der Waals surface area contributed by atoms with E-state index in [1.165, 1.54) is 11.1 Å². The van der Waals surface area contributed by atoms with E-state index in [4.69, 9.17) is 4.74 Å². The van der Waals surface area contributed by atoms with Gasteiger partial charge in [-0.25, -0.2) is 0 Å². The van der Waals surface area contributed by atoms with Gasteiger partial charge in [0.2, 0.25) is 5.91 Å². The Labute approximate surface area is 323 Å². The van der Waals surface area contributed by atoms with Crippen LogP contribution in [0.3, 0.4) is 0 Å². The second-order valence-corrected chi connectivity index (χ2v) is 20.3. The summed E-state index contributed by atoms with van der Waals surface area (Å²) in [4.78, 5) is 54.4. The molecule has 0 aromatic heterocycles. The van der Waals surface area contributed by atoms with Gasteiger partial charge in [0.25, 0.3) is 0 Å². The molecule has 0 aliphatic heterocycles. The number of rotatable bonds is 11. The van der Waals surface area contributed by atoms with Crippen molar-refractivity contribution in [3.63, 3.8) is 0 Å². The number of carboxylic acid groups (broad SMARTS) is 1. The minimum Gasteiger partial charge on any atom is -0.481 e. The molecule has 1 aromatic rings. The Bertz CT molecular complexity index is 1680. The number of aliphatic carboxylic acids is 1. The molecule has 1 aromatic carbocycles. The third-order valence-electron chi connectivity index (χ3n) is 16.6. The van der Waals surface area contributed by atoms with E-state index in [1.807, 2.05) is 30.3 Å². The van der Waals surface area contributed by atoms with Gasteiger partial charge in [-0.15, -0.1) is 0 Å². The van der Waals surface area contributed by atoms with Gasteiger partial charge in [0, 0.05) is 12.0 Å². The number of nitrogens with zero attached hydrogens (tertiary/aromatic N) is 1. The van der Waals surface area contributed by atoms with Gasteiger partial charge in [0.05, 0.1) is 23.8 Å². The van der Waals surface area contributed by atoms with Crippen LogP contribution in [0.15, 0.2) is 41.5 Å². The number of allylic oxidation sites excluding steroid dienone is 2. The van der Waals surface area contributed by atoms with Crippen LogP contribution in [0.5, 0.6) is 0 Å². The van der Waals surface area contributed by atoms with Crippen LogP contribution in [-0.2, 0) is 30.5 Å². The number of carbonyl (C=O) groups excluding carboxylic acids is 3. The molecule has 0 saturated heterocycles. The van der Waals surface area contributed by atoms with E-state index < -0.39 is 35.3 Å². The molecule has 6 rings (SSSR count). The number of amides is 1. The van der Waals surface area contributed by atoms with Crippen LogP contribution in [0, 0.1) is 56.2 Å². The lowest BCUT2D eigenvalue weighted by Crippen LogP contribution is -2.66. The van der Waals surface area contributed by atoms with Crippen molar-refractivity contribution in [2.24, 2.45) is 56.2 Å². The first-order valence-electron chi connectivity index (χ1n) is 20.8. The van der Waals surface area contributed by atoms with E-state index in [0.29, 0.717) is 30.2 Å². The minimum absolute atomic E-state index is 0.00794. The van der Waals surface area contributed by atoms with Crippen LogP contribution >= 0.6 is 0 Å². The standard InChI is InChI=1S/C46H67NO7/c1-29(2)31-17-22-46(35(49)27-47(37(50)28-48)26-30-13-11-10-12-14-30)24-23-44(8)32(39(31)46)15-16-34-43(7)20-19-36(54-38(51)25-41(3,4)40(52)53)42(5,6)33(43)18-21-45(34,44)9/h10-14,29,32-34,36,48H,15-28H2,1-9H3,(H,52,53)/t32-,33+,34-,36+,43+,44-,45-,46-/m1/s1. The van der Waals surface area contributed by atoms with Crippen molar-refractivity contribution in [1.82, 2.24) is 4.90 Å². The van der Waals surface area contributed by atoms with E-state index in [2.05, 4.69) is 48.5 Å². The highest BCUT2D eigenvalue weighted by atomic mass is 16.5. The van der Waals surface area contributed by atoms with Gasteiger partial charge in [-0.3, -0.25) is 19.2 Å². The van der Waals surface area contributed by atoms with Gasteiger partial charge in [-0.2, -0.15) is 0 Å². The van der Waals surface area contributed by atoms with Crippen LogP contribution in [-0.4, -0.2) is 58.0 Å². The Hall–Kier alpha value is -3.00. The van der Waals surface area contributed by atoms with Crippen LogP contribution < -0.4 is 0 Å². The molecule has 4 fully saturated rings. The lowest BCUT2D eigenvalue weighted by Gasteiger charge is -2.72. The SMILES string of the molecule is CC(C)C1=C2[C@H]3CC[C@@H]4[C@@]5(C)CC[C@H](OC(=O)CC(C)(C)C(=O)O)C(C)(C)[C@@H]5CC[C@@]4(C)[C@]3(C)CC[C@@]2(C(=O)CN(Cc2ccccc2)C(=O)CO)CC1. The van der Waals surface area contributed by atoms with Crippen molar-refractivity contribution in [3.05, 3.63) is 47.0 Å². The van der Waals surface area contributed by atoms with Gasteiger partial charge in [-0.1, -0.05) is 89.9 Å². The molecule has 54 heavy (non-hydrogen) atoms. The number of ether oxygens (including phenoxy) is 1. The number of fused-ring (bicyclic) bond motifs is 7. The molecular formula is C46H67NO7. The molecule has 5 aliphatic carbocycles. The van der Waals surface area contributed by atoms with Gasteiger partial charge in [0.15, 0.2) is 5.78 Å². The maximum Gasteiger partial charge on any atom is 0.309 e. The molecule has 8 nitrogen and oxygen atoms in total. The number of hydrogen-bond donors (Lipinski definition) is 2. The maximum atomic E-state index is 14.9. The maximum absolute atomic E-state index is 14.9. The number of carboxylic acids is 1. The summed E-state index contributed by atoms with van der Waals surface area (Å²) < 4.78 is 6.17. The number of esters is 1. The van der Waals surface area contributed by atoms with Gasteiger partial charge in [-0.05, 0) is 124 Å². The number of carbonyl (C=O) groups is 4. The highest BCUT2D eigenvalue weighted by Gasteiger charge is 2.70. The number of aliphatic hydroxyl groups is 1. The molecule has 0 heterocycles. The summed E-state index contributed by atoms with van der Waals surface area (Å²) in [5.41, 5.74) is 1.94. The Morgan fingerprint density at radius 2 is 1.56 bits per heavy atom. The van der Waals surface area contributed by atoms with Crippen molar-refractivity contribution in [2.45, 2.75) is 146 Å². The Morgan fingerprint density at radius 1 is 0.870 bits per heavy atom. The fourth-order valence-electron chi connectivity index (χ4n) is 13.4. The number of ketones is 1. The lowest BCUT2D eigenvalue weighted by molar-refractivity contribution is -0.233. The first kappa shape index (κ1) is 40.7. The average Bonchev–Trinajstić information content (AvgIpc) is 3.51. The second kappa shape index (κ2) is 14.2. The summed E-state index contributed by atoms with van der Waals surface area (Å²) in [7, 11) is 0. The Morgan fingerprint density at radius 3 is 2.19 bits per heavy atom. The summed E-state index contributed by atoms with van der Waals surface area (Å²) in [5, 5.41) is 19.5. The molecule has 5 aliphatic rings. The van der Waals surface area contributed by atoms with Crippen molar-refractivity contribution < 1.29 is 34.1 Å². The quantitative estimate of drug-likeness (QED) is 0.172. The zero-order valence-corrected chi connectivity index (χ0v) is 34.6. The molecule has 0 radical (unpaired) electrons. The molecular weight excluding hydrogens is 679 g/mol. The monoisotopic (exact) mass is 745 g/mol. The van der Waals surface area contributed by atoms with Gasteiger partial charge in [0.1, 0.15) is 12.7 Å². The molecule has 4 saturated carbocycles. The predicted molar refractivity (Wildman–Crippen MR) is 209 cm³/mol. The van der Waals surface area contributed by atoms with E-state index >= 15 is 0 Å².